The first-order chi connectivity index (χ1) is 13.7. The zero-order chi connectivity index (χ0) is 18.7. The van der Waals surface area contributed by atoms with Gasteiger partial charge in [0.15, 0.2) is 5.60 Å². The first-order valence-corrected chi connectivity index (χ1v) is 9.45. The van der Waals surface area contributed by atoms with Crippen molar-refractivity contribution in [3.63, 3.8) is 0 Å². The number of nitrogens with zero attached hydrogens (tertiary/aromatic N) is 6. The van der Waals surface area contributed by atoms with Crippen LogP contribution in [0.5, 0.6) is 5.88 Å². The van der Waals surface area contributed by atoms with Crippen LogP contribution in [0.3, 0.4) is 0 Å². The van der Waals surface area contributed by atoms with Crippen LogP contribution in [-0.2, 0) is 9.53 Å². The van der Waals surface area contributed by atoms with Gasteiger partial charge < -0.3 is 14.4 Å². The van der Waals surface area contributed by atoms with Crippen LogP contribution in [0.4, 0.5) is 0 Å². The van der Waals surface area contributed by atoms with Gasteiger partial charge in [-0.25, -0.2) is 4.52 Å². The van der Waals surface area contributed by atoms with Gasteiger partial charge in [0.1, 0.15) is 24.2 Å². The molecule has 28 heavy (non-hydrogen) atoms. The summed E-state index contributed by atoms with van der Waals surface area (Å²) in [5.41, 5.74) is 0.856. The van der Waals surface area contributed by atoms with Gasteiger partial charge in [-0.1, -0.05) is 0 Å². The lowest BCUT2D eigenvalue weighted by Gasteiger charge is -2.41. The molecule has 2 saturated heterocycles. The minimum absolute atomic E-state index is 0.0426. The number of carbonyl (C=O) groups is 1. The number of carbonyl (C=O) groups excluding carboxylic acids is 1. The van der Waals surface area contributed by atoms with Crippen molar-refractivity contribution in [2.45, 2.75) is 49.7 Å². The molecule has 2 aliphatic heterocycles. The minimum Gasteiger partial charge on any atom is -0.473 e. The second-order valence-electron chi connectivity index (χ2n) is 7.55. The summed E-state index contributed by atoms with van der Waals surface area (Å²) in [5, 5.41) is 4.14. The second-order valence-corrected chi connectivity index (χ2v) is 7.55. The maximum Gasteiger partial charge on any atom is 0.257 e. The molecule has 1 spiro atoms. The molecule has 3 aromatic rings. The average Bonchev–Trinajstić information content (AvgIpc) is 3.38. The maximum atomic E-state index is 13.2. The van der Waals surface area contributed by atoms with Crippen LogP contribution in [0.15, 0.2) is 43.2 Å². The van der Waals surface area contributed by atoms with Gasteiger partial charge in [0.05, 0.1) is 17.9 Å². The number of ether oxygens (including phenoxy) is 2. The molecule has 5 heterocycles. The average molecular weight is 378 g/mol. The van der Waals surface area contributed by atoms with Gasteiger partial charge in [0.25, 0.3) is 5.91 Å². The monoisotopic (exact) mass is 378 g/mol. The first kappa shape index (κ1) is 15.9. The second kappa shape index (κ2) is 5.71. The van der Waals surface area contributed by atoms with E-state index >= 15 is 0 Å². The van der Waals surface area contributed by atoms with E-state index in [1.54, 1.807) is 23.1 Å². The number of fused-ring (bicyclic) bond motifs is 2. The highest BCUT2D eigenvalue weighted by Gasteiger charge is 2.63. The third kappa shape index (κ3) is 2.19. The molecule has 142 valence electrons. The minimum atomic E-state index is -0.776. The molecule has 0 unspecified atom stereocenters. The molecule has 9 heteroatoms. The van der Waals surface area contributed by atoms with Gasteiger partial charge in [-0.15, -0.1) is 0 Å². The van der Waals surface area contributed by atoms with E-state index in [4.69, 9.17) is 9.47 Å². The van der Waals surface area contributed by atoms with Gasteiger partial charge in [0.2, 0.25) is 5.88 Å². The highest BCUT2D eigenvalue weighted by molar-refractivity contribution is 5.89. The summed E-state index contributed by atoms with van der Waals surface area (Å²) >= 11 is 0. The first-order valence-electron chi connectivity index (χ1n) is 9.45. The van der Waals surface area contributed by atoms with E-state index in [1.165, 1.54) is 6.33 Å². The molecule has 3 fully saturated rings. The van der Waals surface area contributed by atoms with E-state index in [-0.39, 0.29) is 24.3 Å². The van der Waals surface area contributed by atoms with Crippen molar-refractivity contribution in [1.82, 2.24) is 29.5 Å². The third-order valence-corrected chi connectivity index (χ3v) is 5.93. The lowest BCUT2D eigenvalue weighted by Crippen LogP contribution is -2.56. The largest absolute Gasteiger partial charge is 0.473 e. The summed E-state index contributed by atoms with van der Waals surface area (Å²) in [6.45, 7) is 0. The van der Waals surface area contributed by atoms with Gasteiger partial charge in [-0.3, -0.25) is 14.8 Å². The Bertz CT molecular complexity index is 1050. The molecule has 3 aliphatic rings. The Morgan fingerprint density at radius 3 is 3.00 bits per heavy atom. The molecule has 1 amide bonds. The van der Waals surface area contributed by atoms with Crippen LogP contribution in [0.25, 0.3) is 5.52 Å². The highest BCUT2D eigenvalue weighted by Crippen LogP contribution is 2.51. The Kier molecular flexibility index (Phi) is 3.25. The molecule has 1 aliphatic carbocycles. The molecule has 0 bridgehead atoms. The van der Waals surface area contributed by atoms with E-state index in [0.29, 0.717) is 18.7 Å². The quantitative estimate of drug-likeness (QED) is 0.682. The van der Waals surface area contributed by atoms with Crippen molar-refractivity contribution >= 4 is 11.4 Å². The van der Waals surface area contributed by atoms with Crippen molar-refractivity contribution in [3.8, 4) is 5.88 Å². The standard InChI is InChI=1S/C19H18N6O3/c26-18-19(28-16-4-3-14(25(16)18)13-10-20-5-6-21-13)8-12(9-19)27-17-15-2-1-7-24(15)23-11-22-17/h1-2,5-7,10-12,14,16H,3-4,8-9H2/t12?,14-,16+,19?/m1/s1. The molecule has 0 radical (unpaired) electrons. The lowest BCUT2D eigenvalue weighted by atomic mass is 9.76. The van der Waals surface area contributed by atoms with Gasteiger partial charge in [0, 0.05) is 31.4 Å². The third-order valence-electron chi connectivity index (χ3n) is 5.93. The smallest absolute Gasteiger partial charge is 0.257 e. The van der Waals surface area contributed by atoms with Crippen LogP contribution in [-0.4, -0.2) is 53.3 Å². The van der Waals surface area contributed by atoms with E-state index in [1.807, 2.05) is 23.2 Å². The number of rotatable bonds is 3. The highest BCUT2D eigenvalue weighted by atomic mass is 16.6. The van der Waals surface area contributed by atoms with Crippen molar-refractivity contribution in [1.29, 1.82) is 0 Å². The molecule has 2 atom stereocenters. The molecule has 6 rings (SSSR count). The SMILES string of the molecule is O=C1N2[C@H](CC[C@@H]2c2cnccn2)OC12CC(Oc1ncnn3cccc13)C2. The summed E-state index contributed by atoms with van der Waals surface area (Å²) in [4.78, 5) is 27.8. The molecule has 0 N–H and O–H groups in total. The Labute approximate surface area is 160 Å². The molecule has 3 aromatic heterocycles. The zero-order valence-electron chi connectivity index (χ0n) is 15.0. The summed E-state index contributed by atoms with van der Waals surface area (Å²) in [6, 6.07) is 3.74. The fraction of sp³-hybridized carbons (Fsp3) is 0.421. The lowest BCUT2D eigenvalue weighted by molar-refractivity contribution is -0.162. The summed E-state index contributed by atoms with van der Waals surface area (Å²) < 4.78 is 14.0. The Hall–Kier alpha value is -3.07. The Balaban J connectivity index is 1.19. The van der Waals surface area contributed by atoms with Crippen LogP contribution < -0.4 is 4.74 Å². The van der Waals surface area contributed by atoms with Crippen LogP contribution in [0.2, 0.25) is 0 Å². The molecular weight excluding hydrogens is 360 g/mol. The summed E-state index contributed by atoms with van der Waals surface area (Å²) in [5.74, 6) is 0.573. The van der Waals surface area contributed by atoms with Crippen molar-refractivity contribution < 1.29 is 14.3 Å². The number of hydrogen-bond donors (Lipinski definition) is 0. The van der Waals surface area contributed by atoms with Crippen molar-refractivity contribution in [3.05, 3.63) is 48.9 Å². The predicted octanol–water partition coefficient (Wildman–Crippen LogP) is 1.52. The van der Waals surface area contributed by atoms with E-state index < -0.39 is 5.60 Å². The predicted molar refractivity (Wildman–Crippen MR) is 95.1 cm³/mol. The van der Waals surface area contributed by atoms with Crippen molar-refractivity contribution in [2.24, 2.45) is 0 Å². The van der Waals surface area contributed by atoms with Crippen LogP contribution >= 0.6 is 0 Å². The molecule has 1 saturated carbocycles. The van der Waals surface area contributed by atoms with Crippen LogP contribution in [0, 0.1) is 0 Å². The number of aromatic nitrogens is 5. The number of amides is 1. The number of hydrogen-bond acceptors (Lipinski definition) is 7. The van der Waals surface area contributed by atoms with Gasteiger partial charge >= 0.3 is 0 Å². The summed E-state index contributed by atoms with van der Waals surface area (Å²) in [7, 11) is 0. The molecular formula is C19H18N6O3. The Morgan fingerprint density at radius 1 is 1.21 bits per heavy atom. The van der Waals surface area contributed by atoms with Crippen molar-refractivity contribution in [2.75, 3.05) is 0 Å². The van der Waals surface area contributed by atoms with Gasteiger partial charge in [-0.2, -0.15) is 10.1 Å². The maximum absolute atomic E-state index is 13.2. The van der Waals surface area contributed by atoms with E-state index in [2.05, 4.69) is 20.1 Å². The zero-order valence-corrected chi connectivity index (χ0v) is 15.0. The van der Waals surface area contributed by atoms with Gasteiger partial charge in [-0.05, 0) is 25.0 Å². The fourth-order valence-corrected chi connectivity index (χ4v) is 4.61. The van der Waals surface area contributed by atoms with E-state index in [0.717, 1.165) is 24.1 Å². The fourth-order valence-electron chi connectivity index (χ4n) is 4.61. The molecule has 0 aromatic carbocycles. The Morgan fingerprint density at radius 2 is 2.14 bits per heavy atom. The normalized spacial score (nSPS) is 31.4. The summed E-state index contributed by atoms with van der Waals surface area (Å²) in [6.07, 6.45) is 10.8. The van der Waals surface area contributed by atoms with Crippen LogP contribution in [0.1, 0.15) is 37.4 Å². The molecule has 9 nitrogen and oxygen atoms in total. The van der Waals surface area contributed by atoms with E-state index in [9.17, 15) is 4.79 Å². The topological polar surface area (TPSA) is 94.7 Å².